The molecule has 0 bridgehead atoms. The highest BCUT2D eigenvalue weighted by molar-refractivity contribution is 7.15. The highest BCUT2D eigenvalue weighted by Gasteiger charge is 2.19. The lowest BCUT2D eigenvalue weighted by molar-refractivity contribution is 0.513. The van der Waals surface area contributed by atoms with E-state index in [9.17, 15) is 0 Å². The summed E-state index contributed by atoms with van der Waals surface area (Å²) < 4.78 is 0. The lowest BCUT2D eigenvalue weighted by atomic mass is 10.1. The molecule has 17 heavy (non-hydrogen) atoms. The van der Waals surface area contributed by atoms with Crippen molar-refractivity contribution in [3.63, 3.8) is 0 Å². The van der Waals surface area contributed by atoms with Gasteiger partial charge in [-0.05, 0) is 19.1 Å². The zero-order chi connectivity index (χ0) is 11.8. The third kappa shape index (κ3) is 2.23. The molecule has 1 aromatic carbocycles. The fourth-order valence-electron chi connectivity index (χ4n) is 2.06. The monoisotopic (exact) mass is 264 g/mol. The van der Waals surface area contributed by atoms with E-state index in [1.54, 1.807) is 11.3 Å². The topological polar surface area (TPSA) is 24.9 Å². The molecule has 1 unspecified atom stereocenters. The van der Waals surface area contributed by atoms with Crippen LogP contribution in [-0.2, 0) is 13.0 Å². The maximum atomic E-state index is 6.01. The predicted octanol–water partition coefficient (Wildman–Crippen LogP) is 3.50. The molecule has 0 saturated carbocycles. The van der Waals surface area contributed by atoms with Gasteiger partial charge in [0.05, 0.1) is 5.69 Å². The summed E-state index contributed by atoms with van der Waals surface area (Å²) in [6, 6.07) is 8.42. The Morgan fingerprint density at radius 3 is 3.18 bits per heavy atom. The molecule has 0 radical (unpaired) electrons. The normalized spacial score (nSPS) is 19.1. The van der Waals surface area contributed by atoms with E-state index in [4.69, 9.17) is 16.6 Å². The maximum absolute atomic E-state index is 6.01. The van der Waals surface area contributed by atoms with Gasteiger partial charge in [-0.2, -0.15) is 0 Å². The van der Waals surface area contributed by atoms with Crippen molar-refractivity contribution in [1.29, 1.82) is 0 Å². The Bertz CT molecular complexity index is 550. The maximum Gasteiger partial charge on any atom is 0.123 e. The van der Waals surface area contributed by atoms with Gasteiger partial charge in [0, 0.05) is 34.5 Å². The molecule has 88 valence electrons. The van der Waals surface area contributed by atoms with E-state index in [-0.39, 0.29) is 0 Å². The van der Waals surface area contributed by atoms with Gasteiger partial charge in [-0.1, -0.05) is 23.7 Å². The van der Waals surface area contributed by atoms with Gasteiger partial charge < -0.3 is 5.32 Å². The summed E-state index contributed by atoms with van der Waals surface area (Å²) in [5, 5.41) is 5.30. The predicted molar refractivity (Wildman–Crippen MR) is 72.6 cm³/mol. The van der Waals surface area contributed by atoms with Gasteiger partial charge >= 0.3 is 0 Å². The van der Waals surface area contributed by atoms with Gasteiger partial charge in [0.25, 0.3) is 0 Å². The summed E-state index contributed by atoms with van der Waals surface area (Å²) in [7, 11) is 0. The van der Waals surface area contributed by atoms with E-state index in [0.29, 0.717) is 6.04 Å². The van der Waals surface area contributed by atoms with Gasteiger partial charge in [0.15, 0.2) is 0 Å². The minimum Gasteiger partial charge on any atom is -0.309 e. The van der Waals surface area contributed by atoms with Crippen LogP contribution in [0.15, 0.2) is 24.3 Å². The third-order valence-corrected chi connectivity index (χ3v) is 4.34. The van der Waals surface area contributed by atoms with Crippen LogP contribution in [0, 0.1) is 0 Å². The van der Waals surface area contributed by atoms with Gasteiger partial charge in [-0.25, -0.2) is 4.98 Å². The molecular formula is C13H13ClN2S. The summed E-state index contributed by atoms with van der Waals surface area (Å²) in [5.74, 6) is 0. The van der Waals surface area contributed by atoms with Crippen molar-refractivity contribution in [2.45, 2.75) is 25.9 Å². The largest absolute Gasteiger partial charge is 0.309 e. The first kappa shape index (κ1) is 11.2. The Kier molecular flexibility index (Phi) is 2.90. The molecule has 1 aliphatic rings. The number of thiazole rings is 1. The number of rotatable bonds is 1. The number of nitrogens with zero attached hydrogens (tertiary/aromatic N) is 1. The van der Waals surface area contributed by atoms with Crippen molar-refractivity contribution in [3.05, 3.63) is 39.9 Å². The number of fused-ring (bicyclic) bond motifs is 1. The van der Waals surface area contributed by atoms with Gasteiger partial charge in [0.1, 0.15) is 5.01 Å². The first-order valence-corrected chi connectivity index (χ1v) is 6.90. The van der Waals surface area contributed by atoms with Crippen LogP contribution in [0.5, 0.6) is 0 Å². The molecule has 2 heterocycles. The van der Waals surface area contributed by atoms with Gasteiger partial charge in [0.2, 0.25) is 0 Å². The molecule has 0 amide bonds. The highest BCUT2D eigenvalue weighted by atomic mass is 35.5. The second kappa shape index (κ2) is 4.41. The molecule has 0 spiro atoms. The smallest absolute Gasteiger partial charge is 0.123 e. The van der Waals surface area contributed by atoms with Crippen molar-refractivity contribution < 1.29 is 0 Å². The van der Waals surface area contributed by atoms with E-state index in [2.05, 4.69) is 18.3 Å². The molecule has 4 heteroatoms. The lowest BCUT2D eigenvalue weighted by Gasteiger charge is -2.18. The van der Waals surface area contributed by atoms with Crippen LogP contribution in [-0.4, -0.2) is 11.0 Å². The standard InChI is InChI=1S/C13H13ClN2S/c1-8-5-11-12(7-15-8)17-13(16-11)9-3-2-4-10(14)6-9/h2-4,6,8,15H,5,7H2,1H3. The molecule has 1 atom stereocenters. The number of hydrogen-bond donors (Lipinski definition) is 1. The quantitative estimate of drug-likeness (QED) is 0.853. The van der Waals surface area contributed by atoms with Crippen LogP contribution in [0.2, 0.25) is 5.02 Å². The van der Waals surface area contributed by atoms with Gasteiger partial charge in [-0.3, -0.25) is 0 Å². The number of benzene rings is 1. The molecule has 1 aliphatic heterocycles. The number of hydrogen-bond acceptors (Lipinski definition) is 3. The van der Waals surface area contributed by atoms with Crippen molar-refractivity contribution >= 4 is 22.9 Å². The summed E-state index contributed by atoms with van der Waals surface area (Å²) in [6.07, 6.45) is 1.02. The Balaban J connectivity index is 2.00. The van der Waals surface area contributed by atoms with Crippen molar-refractivity contribution in [2.24, 2.45) is 0 Å². The van der Waals surface area contributed by atoms with E-state index >= 15 is 0 Å². The SMILES string of the molecule is CC1Cc2nc(-c3cccc(Cl)c3)sc2CN1. The minimum absolute atomic E-state index is 0.525. The van der Waals surface area contributed by atoms with Crippen LogP contribution in [0.25, 0.3) is 10.6 Å². The molecule has 0 aliphatic carbocycles. The zero-order valence-electron chi connectivity index (χ0n) is 9.53. The molecule has 1 N–H and O–H groups in total. The molecule has 3 rings (SSSR count). The fraction of sp³-hybridized carbons (Fsp3) is 0.308. The summed E-state index contributed by atoms with van der Waals surface area (Å²) in [5.41, 5.74) is 2.36. The summed E-state index contributed by atoms with van der Waals surface area (Å²) >= 11 is 7.78. The Hall–Kier alpha value is -0.900. The van der Waals surface area contributed by atoms with Crippen molar-refractivity contribution in [2.75, 3.05) is 0 Å². The highest BCUT2D eigenvalue weighted by Crippen LogP contribution is 2.31. The average molecular weight is 265 g/mol. The zero-order valence-corrected chi connectivity index (χ0v) is 11.1. The van der Waals surface area contributed by atoms with Crippen LogP contribution < -0.4 is 5.32 Å². The van der Waals surface area contributed by atoms with Gasteiger partial charge in [-0.15, -0.1) is 11.3 Å². The van der Waals surface area contributed by atoms with E-state index < -0.39 is 0 Å². The van der Waals surface area contributed by atoms with Crippen molar-refractivity contribution in [3.8, 4) is 10.6 Å². The minimum atomic E-state index is 0.525. The molecule has 0 saturated heterocycles. The fourth-order valence-corrected chi connectivity index (χ4v) is 3.28. The Morgan fingerprint density at radius 1 is 1.47 bits per heavy atom. The molecule has 0 fully saturated rings. The number of halogens is 1. The molecule has 1 aromatic heterocycles. The summed E-state index contributed by atoms with van der Waals surface area (Å²) in [6.45, 7) is 3.13. The molecular weight excluding hydrogens is 252 g/mol. The second-order valence-electron chi connectivity index (χ2n) is 4.39. The number of nitrogens with one attached hydrogen (secondary N) is 1. The van der Waals surface area contributed by atoms with Crippen LogP contribution in [0.1, 0.15) is 17.5 Å². The summed E-state index contributed by atoms with van der Waals surface area (Å²) in [4.78, 5) is 6.09. The van der Waals surface area contributed by atoms with Crippen LogP contribution in [0.3, 0.4) is 0 Å². The Morgan fingerprint density at radius 2 is 2.35 bits per heavy atom. The average Bonchev–Trinajstić information content (AvgIpc) is 2.72. The van der Waals surface area contributed by atoms with E-state index in [1.807, 2.05) is 18.2 Å². The lowest BCUT2D eigenvalue weighted by Crippen LogP contribution is -2.32. The third-order valence-electron chi connectivity index (χ3n) is 2.96. The van der Waals surface area contributed by atoms with Crippen LogP contribution in [0.4, 0.5) is 0 Å². The van der Waals surface area contributed by atoms with E-state index in [1.165, 1.54) is 10.6 Å². The van der Waals surface area contributed by atoms with Crippen molar-refractivity contribution in [1.82, 2.24) is 10.3 Å². The molecule has 2 nitrogen and oxygen atoms in total. The molecule has 2 aromatic rings. The van der Waals surface area contributed by atoms with Crippen LogP contribution >= 0.6 is 22.9 Å². The number of aromatic nitrogens is 1. The first-order chi connectivity index (χ1) is 8.22. The second-order valence-corrected chi connectivity index (χ2v) is 5.91. The first-order valence-electron chi connectivity index (χ1n) is 5.70. The Labute approximate surface area is 110 Å². The van der Waals surface area contributed by atoms with E-state index in [0.717, 1.165) is 28.6 Å².